The van der Waals surface area contributed by atoms with E-state index >= 15 is 0 Å². The van der Waals surface area contributed by atoms with Crippen LogP contribution in [0.15, 0.2) is 204 Å². The Morgan fingerprint density at radius 1 is 0.456 bits per heavy atom. The van der Waals surface area contributed by atoms with E-state index in [0.29, 0.717) is 32.7 Å². The molecule has 9 aromatic carbocycles. The molecule has 1 heterocycles. The van der Waals surface area contributed by atoms with Gasteiger partial charge >= 0.3 is 0 Å². The lowest BCUT2D eigenvalue weighted by molar-refractivity contribution is 0.660. The van der Waals surface area contributed by atoms with E-state index < -0.39 is 142 Å². The second-order valence-corrected chi connectivity index (χ2v) is 14.3. The average molecular weight is 748 g/mol. The summed E-state index contributed by atoms with van der Waals surface area (Å²) in [6.07, 6.45) is 0. The Balaban J connectivity index is 1.20. The number of furan rings is 1. The molecule has 0 aliphatic heterocycles. The number of hydrogen-bond acceptors (Lipinski definition) is 2. The Kier molecular flexibility index (Phi) is 4.46. The first-order valence-electron chi connectivity index (χ1n) is 27.3. The zero-order valence-electron chi connectivity index (χ0n) is 48.5. The van der Waals surface area contributed by atoms with Crippen molar-refractivity contribution < 1.29 is 29.1 Å². The van der Waals surface area contributed by atoms with Crippen LogP contribution in [0.1, 0.15) is 49.6 Å². The van der Waals surface area contributed by atoms with Crippen LogP contribution in [0.3, 0.4) is 0 Å². The molecule has 0 amide bonds. The second kappa shape index (κ2) is 13.0. The van der Waals surface area contributed by atoms with Crippen molar-refractivity contribution >= 4 is 49.8 Å². The molecule has 270 valence electrons. The quantitative estimate of drug-likeness (QED) is 0.168. The lowest BCUT2D eigenvalue weighted by atomic mass is 9.81. The highest BCUT2D eigenvalue weighted by atomic mass is 16.3. The van der Waals surface area contributed by atoms with E-state index in [4.69, 9.17) is 20.9 Å². The zero-order chi connectivity index (χ0) is 53.8. The third kappa shape index (κ3) is 5.33. The Labute approximate surface area is 358 Å². The van der Waals surface area contributed by atoms with E-state index in [1.165, 1.54) is 5.56 Å². The van der Waals surface area contributed by atoms with Crippen molar-refractivity contribution in [3.8, 4) is 44.5 Å². The number of anilines is 3. The van der Waals surface area contributed by atoms with Crippen molar-refractivity contribution in [2.24, 2.45) is 0 Å². The molecule has 57 heavy (non-hydrogen) atoms. The highest BCUT2D eigenvalue weighted by molar-refractivity contribution is 6.22. The highest BCUT2D eigenvalue weighted by Crippen LogP contribution is 2.51. The summed E-state index contributed by atoms with van der Waals surface area (Å²) >= 11 is 0. The third-order valence-electron chi connectivity index (χ3n) is 10.8. The van der Waals surface area contributed by atoms with Crippen molar-refractivity contribution in [2.45, 2.75) is 19.3 Å². The molecule has 1 aromatic heterocycles. The number of hydrogen-bond donors (Lipinski definition) is 0. The maximum atomic E-state index is 9.72. The molecule has 2 nitrogen and oxygen atoms in total. The minimum absolute atomic E-state index is 0.0699. The van der Waals surface area contributed by atoms with Crippen molar-refractivity contribution in [1.82, 2.24) is 0 Å². The van der Waals surface area contributed by atoms with Gasteiger partial charge < -0.3 is 9.32 Å². The van der Waals surface area contributed by atoms with Gasteiger partial charge in [0.05, 0.1) is 30.4 Å². The van der Waals surface area contributed by atoms with Gasteiger partial charge in [0.25, 0.3) is 0 Å². The summed E-state index contributed by atoms with van der Waals surface area (Å²) < 4.78 is 168. The Hall–Kier alpha value is -7.16. The zero-order valence-corrected chi connectivity index (χ0v) is 30.5. The van der Waals surface area contributed by atoms with Crippen LogP contribution >= 0.6 is 0 Å². The van der Waals surface area contributed by atoms with Gasteiger partial charge in [-0.2, -0.15) is 0 Å². The van der Waals surface area contributed by atoms with Crippen molar-refractivity contribution in [3.05, 3.63) is 211 Å². The molecule has 0 saturated carbocycles. The van der Waals surface area contributed by atoms with Gasteiger partial charge in [0.15, 0.2) is 0 Å². The summed E-state index contributed by atoms with van der Waals surface area (Å²) in [6.45, 7) is 4.36. The second-order valence-electron chi connectivity index (χ2n) is 14.3. The number of benzene rings is 9. The van der Waals surface area contributed by atoms with Crippen LogP contribution in [-0.4, -0.2) is 0 Å². The molecule has 2 heteroatoms. The van der Waals surface area contributed by atoms with E-state index in [-0.39, 0.29) is 11.1 Å². The molecule has 0 fully saturated rings. The van der Waals surface area contributed by atoms with E-state index in [2.05, 4.69) is 38.1 Å². The molecule has 0 spiro atoms. The fourth-order valence-corrected chi connectivity index (χ4v) is 8.11. The molecular formula is C55H39NO. The maximum absolute atomic E-state index is 9.72. The molecule has 1 aliphatic rings. The van der Waals surface area contributed by atoms with Gasteiger partial charge in [-0.05, 0) is 98.0 Å². The number of nitrogens with zero attached hydrogens (tertiary/aromatic N) is 1. The van der Waals surface area contributed by atoms with E-state index in [1.54, 1.807) is 30.3 Å². The summed E-state index contributed by atoms with van der Waals surface area (Å²) in [7, 11) is 0. The third-order valence-corrected chi connectivity index (χ3v) is 10.8. The lowest BCUT2D eigenvalue weighted by Gasteiger charge is -2.27. The molecule has 0 atom stereocenters. The van der Waals surface area contributed by atoms with Crippen molar-refractivity contribution in [1.29, 1.82) is 0 Å². The summed E-state index contributed by atoms with van der Waals surface area (Å²) in [6, 6.07) is 14.2. The van der Waals surface area contributed by atoms with Crippen molar-refractivity contribution in [3.63, 3.8) is 0 Å². The van der Waals surface area contributed by atoms with Crippen LogP contribution < -0.4 is 4.90 Å². The van der Waals surface area contributed by atoms with Crippen molar-refractivity contribution in [2.75, 3.05) is 4.90 Å². The standard InChI is InChI=1S/C55H39NO/c1-55(2)49-22-12-11-18-44(49)45-33-30-40(34-50(45)55)43-21-13-23-52-53(43)48-35-51(46-19-9-10-20-47(46)54(48)57-52)56(41-16-7-4-8-17-41)42-31-28-39(29-32-42)38-26-24-37(25-27-38)36-14-5-3-6-15-36/h3-35H,1-2H3/i3D,4D,5D,6D,7D,8D,14D,15D,16D,17D,24D,25D,26D,27D,28D,29D,31D,32D. The van der Waals surface area contributed by atoms with E-state index in [1.807, 2.05) is 36.4 Å². The minimum atomic E-state index is -0.899. The molecule has 0 bridgehead atoms. The fourth-order valence-electron chi connectivity index (χ4n) is 8.11. The first kappa shape index (κ1) is 19.6. The monoisotopic (exact) mass is 747 g/mol. The van der Waals surface area contributed by atoms with Gasteiger partial charge in [-0.3, -0.25) is 0 Å². The van der Waals surface area contributed by atoms with Gasteiger partial charge in [0.2, 0.25) is 0 Å². The van der Waals surface area contributed by atoms with Crippen LogP contribution in [0.5, 0.6) is 0 Å². The highest BCUT2D eigenvalue weighted by Gasteiger charge is 2.35. The largest absolute Gasteiger partial charge is 0.455 e. The fraction of sp³-hybridized carbons (Fsp3) is 0.0545. The number of para-hydroxylation sites is 1. The molecule has 0 N–H and O–H groups in total. The summed E-state index contributed by atoms with van der Waals surface area (Å²) in [5, 5.41) is 2.01. The number of fused-ring (bicyclic) bond motifs is 8. The number of rotatable bonds is 6. The van der Waals surface area contributed by atoms with E-state index in [9.17, 15) is 8.22 Å². The van der Waals surface area contributed by atoms with Crippen LogP contribution in [0.25, 0.3) is 77.2 Å². The van der Waals surface area contributed by atoms with Gasteiger partial charge in [-0.25, -0.2) is 0 Å². The molecule has 0 unspecified atom stereocenters. The average Bonchev–Trinajstić information content (AvgIpc) is 3.90. The van der Waals surface area contributed by atoms with Gasteiger partial charge in [0, 0.05) is 38.3 Å². The summed E-state index contributed by atoms with van der Waals surface area (Å²) in [5.74, 6) is 0. The molecular weight excluding hydrogens is 691 g/mol. The van der Waals surface area contributed by atoms with Crippen LogP contribution in [-0.2, 0) is 5.41 Å². The predicted molar refractivity (Wildman–Crippen MR) is 240 cm³/mol. The Bertz CT molecular complexity index is 4100. The first-order chi connectivity index (χ1) is 35.5. The summed E-state index contributed by atoms with van der Waals surface area (Å²) in [4.78, 5) is 1.10. The van der Waals surface area contributed by atoms with E-state index in [0.717, 1.165) is 32.7 Å². The van der Waals surface area contributed by atoms with Crippen LogP contribution in [0.4, 0.5) is 17.1 Å². The normalized spacial score (nSPS) is 17.3. The van der Waals surface area contributed by atoms with Gasteiger partial charge in [0.1, 0.15) is 11.2 Å². The Morgan fingerprint density at radius 3 is 1.77 bits per heavy atom. The smallest absolute Gasteiger partial charge is 0.143 e. The SMILES string of the molecule is [2H]c1c([2H])c([2H])c(-c2c([2H])c([2H])c(-c3c([2H])c([2H])c(N(c4c([2H])c([2H])c([2H])c([2H])c4[2H])c4cc5c(oc6cccc(-c7ccc8c(c7)C(C)(C)c7ccccc7-8)c65)c5ccccc45)c([2H])c3[2H])c([2H])c2[2H])c([2H])c1[2H]. The molecule has 0 radical (unpaired) electrons. The predicted octanol–water partition coefficient (Wildman–Crippen LogP) is 15.5. The molecule has 10 aromatic rings. The van der Waals surface area contributed by atoms with Crippen LogP contribution in [0.2, 0.25) is 0 Å². The Morgan fingerprint density at radius 2 is 1.04 bits per heavy atom. The topological polar surface area (TPSA) is 16.4 Å². The molecule has 1 aliphatic carbocycles. The molecule has 0 saturated heterocycles. The first-order valence-corrected chi connectivity index (χ1v) is 18.3. The van der Waals surface area contributed by atoms with Gasteiger partial charge in [-0.15, -0.1) is 0 Å². The van der Waals surface area contributed by atoms with Gasteiger partial charge in [-0.1, -0.05) is 171 Å². The van der Waals surface area contributed by atoms with Crippen LogP contribution in [0, 0.1) is 0 Å². The minimum Gasteiger partial charge on any atom is -0.455 e. The molecule has 11 rings (SSSR count). The maximum Gasteiger partial charge on any atom is 0.143 e. The lowest BCUT2D eigenvalue weighted by Crippen LogP contribution is -2.14. The summed E-state index contributed by atoms with van der Waals surface area (Å²) in [5.41, 5.74) is 3.13.